The lowest BCUT2D eigenvalue weighted by atomic mass is 10.1. The molecule has 0 saturated heterocycles. The van der Waals surface area contributed by atoms with Crippen LogP contribution >= 0.6 is 7.44 Å². The van der Waals surface area contributed by atoms with E-state index in [9.17, 15) is 14.2 Å². The number of esters is 2. The highest BCUT2D eigenvalue weighted by Gasteiger charge is 2.39. The topological polar surface area (TPSA) is 173 Å². The van der Waals surface area contributed by atoms with Crippen molar-refractivity contribution >= 4 is 36.4 Å². The minimum Gasteiger partial charge on any atom is -0.465 e. The monoisotopic (exact) mass is 583 g/mol. The lowest BCUT2D eigenvalue weighted by Crippen LogP contribution is -2.50. The molecule has 0 spiro atoms. The minimum absolute atomic E-state index is 0.273. The SMILES string of the molecule is CCCCCOC(=O)C(C)NP(=O)(COC(C)Cn1cnc2c(N)ncnc21)NC(C)(C)C(=O)OCCCCC. The summed E-state index contributed by atoms with van der Waals surface area (Å²) in [5, 5.41) is 5.76. The molecule has 13 nitrogen and oxygen atoms in total. The molecule has 3 atom stereocenters. The highest BCUT2D eigenvalue weighted by atomic mass is 31.2. The zero-order valence-corrected chi connectivity index (χ0v) is 25.5. The predicted molar refractivity (Wildman–Crippen MR) is 154 cm³/mol. The summed E-state index contributed by atoms with van der Waals surface area (Å²) in [5.74, 6) is -0.807. The quantitative estimate of drug-likeness (QED) is 0.124. The molecule has 226 valence electrons. The summed E-state index contributed by atoms with van der Waals surface area (Å²) in [6.45, 7) is 11.6. The maximum atomic E-state index is 14.1. The number of hydrogen-bond donors (Lipinski definition) is 3. The number of rotatable bonds is 19. The first-order valence-electron chi connectivity index (χ1n) is 14.0. The average molecular weight is 584 g/mol. The second-order valence-corrected chi connectivity index (χ2v) is 12.7. The summed E-state index contributed by atoms with van der Waals surface area (Å²) in [4.78, 5) is 37.9. The van der Waals surface area contributed by atoms with Gasteiger partial charge in [-0.15, -0.1) is 0 Å². The van der Waals surface area contributed by atoms with Gasteiger partial charge in [-0.1, -0.05) is 39.5 Å². The fourth-order valence-electron chi connectivity index (χ4n) is 3.91. The number of ether oxygens (including phenoxy) is 3. The normalized spacial score (nSPS) is 14.9. The Labute approximate surface area is 236 Å². The second kappa shape index (κ2) is 16.0. The number of nitrogen functional groups attached to an aromatic ring is 1. The first kappa shape index (κ1) is 33.6. The molecule has 2 rings (SSSR count). The molecule has 0 aliphatic heterocycles. The number of hydrogen-bond acceptors (Lipinski definition) is 10. The van der Waals surface area contributed by atoms with Crippen LogP contribution in [0.25, 0.3) is 11.2 Å². The Morgan fingerprint density at radius 2 is 1.70 bits per heavy atom. The van der Waals surface area contributed by atoms with Crippen LogP contribution in [-0.2, 0) is 34.9 Å². The van der Waals surface area contributed by atoms with Gasteiger partial charge in [0.2, 0.25) is 7.44 Å². The number of unbranched alkanes of at least 4 members (excludes halogenated alkanes) is 4. The van der Waals surface area contributed by atoms with Crippen LogP contribution in [-0.4, -0.2) is 68.7 Å². The number of imidazole rings is 1. The van der Waals surface area contributed by atoms with Gasteiger partial charge in [-0.25, -0.2) is 25.1 Å². The molecule has 40 heavy (non-hydrogen) atoms. The smallest absolute Gasteiger partial charge is 0.326 e. The minimum atomic E-state index is -3.69. The highest BCUT2D eigenvalue weighted by molar-refractivity contribution is 7.59. The van der Waals surface area contributed by atoms with E-state index in [1.165, 1.54) is 6.33 Å². The standard InChI is InChI=1S/C26H46N7O6P/c1-7-9-11-13-37-24(34)20(4)31-40(36,32-26(5,6)25(35)38-14-12-10-8-2)18-39-19(3)15-33-17-30-21-22(27)28-16-29-23(21)33/h16-17,19-20H,7-15,18H2,1-6H3,(H2,27,28,29)(H2,31,32,36). The highest BCUT2D eigenvalue weighted by Crippen LogP contribution is 2.40. The summed E-state index contributed by atoms with van der Waals surface area (Å²) in [5.41, 5.74) is 5.59. The number of fused-ring (bicyclic) bond motifs is 1. The van der Waals surface area contributed by atoms with E-state index in [2.05, 4.69) is 39.0 Å². The Bertz CT molecular complexity index is 1140. The number of aromatic nitrogens is 4. The first-order valence-corrected chi connectivity index (χ1v) is 15.8. The molecule has 2 aromatic rings. The fraction of sp³-hybridized carbons (Fsp3) is 0.731. The third kappa shape index (κ3) is 10.4. The Balaban J connectivity index is 2.11. The van der Waals surface area contributed by atoms with E-state index in [1.54, 1.807) is 38.6 Å². The average Bonchev–Trinajstić information content (AvgIpc) is 3.31. The van der Waals surface area contributed by atoms with Crippen molar-refractivity contribution in [3.05, 3.63) is 12.7 Å². The van der Waals surface area contributed by atoms with E-state index in [0.717, 1.165) is 38.5 Å². The Morgan fingerprint density at radius 1 is 1.05 bits per heavy atom. The number of nitrogens with zero attached hydrogens (tertiary/aromatic N) is 4. The lowest BCUT2D eigenvalue weighted by Gasteiger charge is -2.32. The van der Waals surface area contributed by atoms with Crippen molar-refractivity contribution in [2.75, 3.05) is 25.3 Å². The van der Waals surface area contributed by atoms with Crippen LogP contribution < -0.4 is 15.9 Å². The van der Waals surface area contributed by atoms with Crippen molar-refractivity contribution < 1.29 is 28.4 Å². The molecule has 0 amide bonds. The van der Waals surface area contributed by atoms with Crippen LogP contribution in [0, 0.1) is 0 Å². The van der Waals surface area contributed by atoms with Crippen molar-refractivity contribution in [2.24, 2.45) is 0 Å². The van der Waals surface area contributed by atoms with E-state index >= 15 is 0 Å². The Hall–Kier alpha value is -2.60. The maximum Gasteiger partial charge on any atom is 0.326 e. The zero-order valence-electron chi connectivity index (χ0n) is 24.6. The Kier molecular flexibility index (Phi) is 13.4. The summed E-state index contributed by atoms with van der Waals surface area (Å²) >= 11 is 0. The molecule has 0 aromatic carbocycles. The van der Waals surface area contributed by atoms with Gasteiger partial charge in [-0.05, 0) is 40.5 Å². The molecular formula is C26H46N7O6P. The zero-order chi connectivity index (χ0) is 29.8. The van der Waals surface area contributed by atoms with Gasteiger partial charge in [0.05, 0.1) is 32.2 Å². The van der Waals surface area contributed by atoms with Gasteiger partial charge >= 0.3 is 11.9 Å². The van der Waals surface area contributed by atoms with Crippen molar-refractivity contribution in [3.8, 4) is 0 Å². The molecule has 0 radical (unpaired) electrons. The van der Waals surface area contributed by atoms with Crippen LogP contribution in [0.4, 0.5) is 5.82 Å². The van der Waals surface area contributed by atoms with Gasteiger partial charge in [0.1, 0.15) is 29.8 Å². The van der Waals surface area contributed by atoms with Gasteiger partial charge in [0.15, 0.2) is 11.5 Å². The summed E-state index contributed by atoms with van der Waals surface area (Å²) in [6.07, 6.45) is 7.57. The van der Waals surface area contributed by atoms with E-state index in [1.807, 2.05) is 0 Å². The molecule has 0 aliphatic rings. The summed E-state index contributed by atoms with van der Waals surface area (Å²) < 4.78 is 32.6. The molecule has 0 bridgehead atoms. The Morgan fingerprint density at radius 3 is 2.35 bits per heavy atom. The van der Waals surface area contributed by atoms with Crippen LogP contribution in [0.15, 0.2) is 12.7 Å². The van der Waals surface area contributed by atoms with Gasteiger partial charge in [0.25, 0.3) is 0 Å². The van der Waals surface area contributed by atoms with Crippen molar-refractivity contribution in [3.63, 3.8) is 0 Å². The van der Waals surface area contributed by atoms with Crippen LogP contribution in [0.1, 0.15) is 80.1 Å². The van der Waals surface area contributed by atoms with Crippen molar-refractivity contribution in [1.29, 1.82) is 0 Å². The van der Waals surface area contributed by atoms with Crippen molar-refractivity contribution in [2.45, 2.75) is 104 Å². The van der Waals surface area contributed by atoms with Crippen molar-refractivity contribution in [1.82, 2.24) is 29.7 Å². The van der Waals surface area contributed by atoms with E-state index in [4.69, 9.17) is 19.9 Å². The molecule has 3 unspecified atom stereocenters. The first-order chi connectivity index (χ1) is 18.9. The predicted octanol–water partition coefficient (Wildman–Crippen LogP) is 3.78. The van der Waals surface area contributed by atoms with E-state index < -0.39 is 37.1 Å². The molecule has 0 saturated carbocycles. The molecule has 14 heteroatoms. The van der Waals surface area contributed by atoms with E-state index in [0.29, 0.717) is 17.7 Å². The fourth-order valence-corrected chi connectivity index (χ4v) is 6.30. The molecule has 2 heterocycles. The van der Waals surface area contributed by atoms with Crippen LogP contribution in [0.5, 0.6) is 0 Å². The molecule has 0 aliphatic carbocycles. The molecular weight excluding hydrogens is 537 g/mol. The number of carbonyl (C=O) groups is 2. The third-order valence-electron chi connectivity index (χ3n) is 6.12. The number of anilines is 1. The third-order valence-corrected chi connectivity index (χ3v) is 8.36. The van der Waals surface area contributed by atoms with Gasteiger partial charge in [-0.3, -0.25) is 14.2 Å². The molecule has 4 N–H and O–H groups in total. The van der Waals surface area contributed by atoms with Crippen LogP contribution in [0.3, 0.4) is 0 Å². The number of nitrogens with one attached hydrogen (secondary N) is 2. The largest absolute Gasteiger partial charge is 0.465 e. The van der Waals surface area contributed by atoms with E-state index in [-0.39, 0.29) is 25.4 Å². The number of nitrogens with two attached hydrogens (primary N) is 1. The van der Waals surface area contributed by atoms with Gasteiger partial charge in [-0.2, -0.15) is 0 Å². The van der Waals surface area contributed by atoms with Crippen LogP contribution in [0.2, 0.25) is 0 Å². The lowest BCUT2D eigenvalue weighted by molar-refractivity contribution is -0.149. The summed E-state index contributed by atoms with van der Waals surface area (Å²) in [7, 11) is -3.69. The molecule has 0 fully saturated rings. The van der Waals surface area contributed by atoms with Gasteiger partial charge in [0, 0.05) is 0 Å². The van der Waals surface area contributed by atoms with Gasteiger partial charge < -0.3 is 24.5 Å². The second-order valence-electron chi connectivity index (χ2n) is 10.5. The molecule has 2 aromatic heterocycles. The maximum absolute atomic E-state index is 14.1. The summed E-state index contributed by atoms with van der Waals surface area (Å²) in [6, 6.07) is -0.910. The number of carbonyl (C=O) groups excluding carboxylic acids is 2.